The van der Waals surface area contributed by atoms with Crippen molar-refractivity contribution in [2.45, 2.75) is 37.7 Å². The highest BCUT2D eigenvalue weighted by molar-refractivity contribution is 6.31. The van der Waals surface area contributed by atoms with Gasteiger partial charge in [0.1, 0.15) is 18.1 Å². The molecule has 10 nitrogen and oxygen atoms in total. The number of likely N-dealkylation sites (tertiary alicyclic amines) is 1. The van der Waals surface area contributed by atoms with Crippen molar-refractivity contribution in [3.05, 3.63) is 35.4 Å². The quantitative estimate of drug-likeness (QED) is 0.471. The van der Waals surface area contributed by atoms with Crippen LogP contribution in [0.1, 0.15) is 19.3 Å². The number of alkyl halides is 3. The summed E-state index contributed by atoms with van der Waals surface area (Å²) >= 11 is 5.95. The maximum absolute atomic E-state index is 14.6. The fourth-order valence-electron chi connectivity index (χ4n) is 4.77. The number of carbonyl (C=O) groups excluding carboxylic acids is 2. The molecule has 5 N–H and O–H groups in total. The third-order valence-corrected chi connectivity index (χ3v) is 6.58. The number of piperidine rings is 2. The summed E-state index contributed by atoms with van der Waals surface area (Å²) in [7, 11) is 0. The highest BCUT2D eigenvalue weighted by atomic mass is 35.5. The Hall–Kier alpha value is -3.55. The number of carbonyl (C=O) groups is 2. The number of ether oxygens (including phenoxy) is 1. The van der Waals surface area contributed by atoms with Crippen LogP contribution in [0.3, 0.4) is 0 Å². The number of aromatic nitrogens is 2. The number of rotatable bonds is 6. The van der Waals surface area contributed by atoms with Crippen LogP contribution < -0.4 is 26.4 Å². The van der Waals surface area contributed by atoms with Crippen molar-refractivity contribution in [3.8, 4) is 5.75 Å². The summed E-state index contributed by atoms with van der Waals surface area (Å²) < 4.78 is 56.5. The highest BCUT2D eigenvalue weighted by Crippen LogP contribution is 2.33. The van der Waals surface area contributed by atoms with E-state index in [0.29, 0.717) is 19.4 Å². The van der Waals surface area contributed by atoms with Gasteiger partial charge in [-0.2, -0.15) is 4.39 Å². The molecular formula is C22H24ClF4N7O3. The topological polar surface area (TPSA) is 140 Å². The molecule has 200 valence electrons. The molecule has 0 spiro atoms. The Kier molecular flexibility index (Phi) is 7.48. The zero-order chi connectivity index (χ0) is 26.9. The van der Waals surface area contributed by atoms with Crippen LogP contribution in [0, 0.1) is 11.7 Å². The smallest absolute Gasteiger partial charge is 0.406 e. The minimum Gasteiger partial charge on any atom is -0.406 e. The van der Waals surface area contributed by atoms with Gasteiger partial charge in [-0.1, -0.05) is 11.6 Å². The van der Waals surface area contributed by atoms with Gasteiger partial charge in [-0.25, -0.2) is 9.97 Å². The van der Waals surface area contributed by atoms with Gasteiger partial charge in [-0.05, 0) is 31.4 Å². The average Bonchev–Trinajstić information content (AvgIpc) is 2.80. The van der Waals surface area contributed by atoms with Crippen molar-refractivity contribution < 1.29 is 31.9 Å². The normalized spacial score (nSPS) is 22.6. The molecule has 2 aliphatic heterocycles. The lowest BCUT2D eigenvalue weighted by Gasteiger charge is -2.46. The van der Waals surface area contributed by atoms with E-state index in [-0.39, 0.29) is 47.8 Å². The Morgan fingerprint density at radius 2 is 1.95 bits per heavy atom. The van der Waals surface area contributed by atoms with Crippen molar-refractivity contribution in [1.82, 2.24) is 14.9 Å². The second-order valence-corrected chi connectivity index (χ2v) is 9.24. The first-order valence-electron chi connectivity index (χ1n) is 11.4. The van der Waals surface area contributed by atoms with Gasteiger partial charge in [0.2, 0.25) is 17.6 Å². The third kappa shape index (κ3) is 6.06. The number of nitrogens with two attached hydrogens (primary N) is 2. The molecule has 2 fully saturated rings. The number of nitrogens with zero attached hydrogens (tertiary/aromatic N) is 4. The molecule has 2 saturated heterocycles. The SMILES string of the molecule is NC(=O)[C@@H]1CCN(c2ncnc(N)c2F)C[C@H]1N1CCC[C@@H](Nc2cc(Cl)cc(OC(F)(F)F)c2)C1=O. The Labute approximate surface area is 213 Å². The molecule has 3 atom stereocenters. The summed E-state index contributed by atoms with van der Waals surface area (Å²) in [6, 6.07) is 1.95. The van der Waals surface area contributed by atoms with E-state index in [0.717, 1.165) is 18.5 Å². The molecule has 0 bridgehead atoms. The van der Waals surface area contributed by atoms with Crippen molar-refractivity contribution in [2.75, 3.05) is 35.6 Å². The Bertz CT molecular complexity index is 1190. The van der Waals surface area contributed by atoms with Crippen LogP contribution in [0.2, 0.25) is 5.02 Å². The second kappa shape index (κ2) is 10.4. The average molecular weight is 546 g/mol. The number of nitrogens with one attached hydrogen (secondary N) is 1. The molecule has 0 unspecified atom stereocenters. The summed E-state index contributed by atoms with van der Waals surface area (Å²) in [6.45, 7) is 0.636. The molecule has 1 aromatic heterocycles. The zero-order valence-corrected chi connectivity index (χ0v) is 20.1. The third-order valence-electron chi connectivity index (χ3n) is 6.36. The number of anilines is 3. The fraction of sp³-hybridized carbons (Fsp3) is 0.455. The Balaban J connectivity index is 1.55. The molecule has 2 amide bonds. The summed E-state index contributed by atoms with van der Waals surface area (Å²) in [5.41, 5.74) is 11.4. The minimum atomic E-state index is -4.91. The molecule has 1 aromatic carbocycles. The molecule has 37 heavy (non-hydrogen) atoms. The van der Waals surface area contributed by atoms with E-state index >= 15 is 0 Å². The number of nitrogen functional groups attached to an aromatic ring is 1. The Morgan fingerprint density at radius 3 is 2.65 bits per heavy atom. The molecular weight excluding hydrogens is 522 g/mol. The summed E-state index contributed by atoms with van der Waals surface area (Å²) in [4.78, 5) is 36.4. The number of primary amides is 1. The zero-order valence-electron chi connectivity index (χ0n) is 19.3. The van der Waals surface area contributed by atoms with E-state index < -0.39 is 41.8 Å². The lowest BCUT2D eigenvalue weighted by Crippen LogP contribution is -2.61. The second-order valence-electron chi connectivity index (χ2n) is 8.80. The standard InChI is InChI=1S/C22H24ClF4N7O3/c23-11-6-12(8-13(7-11)37-22(25,26)27)32-15-2-1-4-34(21(15)36)16-9-33(5-3-14(16)19(29)35)20-17(24)18(28)30-10-31-20/h6-8,10,14-16,32H,1-5,9H2,(H2,29,35)(H2,28,30,31)/t14-,15-,16-/m1/s1. The number of hydrogen-bond donors (Lipinski definition) is 3. The van der Waals surface area contributed by atoms with Crippen LogP contribution in [0.4, 0.5) is 34.9 Å². The molecule has 0 aliphatic carbocycles. The molecule has 2 aliphatic rings. The van der Waals surface area contributed by atoms with Crippen molar-refractivity contribution in [3.63, 3.8) is 0 Å². The van der Waals surface area contributed by atoms with Crippen molar-refractivity contribution in [2.24, 2.45) is 11.7 Å². The summed E-state index contributed by atoms with van der Waals surface area (Å²) in [6.07, 6.45) is -2.63. The predicted octanol–water partition coefficient (Wildman–Crippen LogP) is 2.53. The number of amides is 2. The number of hydrogen-bond acceptors (Lipinski definition) is 8. The van der Waals surface area contributed by atoms with Crippen molar-refractivity contribution in [1.29, 1.82) is 0 Å². The van der Waals surface area contributed by atoms with E-state index in [4.69, 9.17) is 23.1 Å². The first-order chi connectivity index (χ1) is 17.4. The van der Waals surface area contributed by atoms with Gasteiger partial charge in [0, 0.05) is 36.4 Å². The van der Waals surface area contributed by atoms with Gasteiger partial charge in [0.05, 0.1) is 12.0 Å². The maximum Gasteiger partial charge on any atom is 0.573 e. The molecule has 4 rings (SSSR count). The number of halogens is 5. The van der Waals surface area contributed by atoms with Gasteiger partial charge in [-0.3, -0.25) is 9.59 Å². The number of benzene rings is 1. The van der Waals surface area contributed by atoms with Gasteiger partial charge >= 0.3 is 6.36 Å². The molecule has 0 radical (unpaired) electrons. The Morgan fingerprint density at radius 1 is 1.19 bits per heavy atom. The molecule has 0 saturated carbocycles. The van der Waals surface area contributed by atoms with E-state index in [1.54, 1.807) is 4.90 Å². The van der Waals surface area contributed by atoms with Gasteiger partial charge in [-0.15, -0.1) is 13.2 Å². The fourth-order valence-corrected chi connectivity index (χ4v) is 4.99. The van der Waals surface area contributed by atoms with E-state index in [1.165, 1.54) is 11.0 Å². The predicted molar refractivity (Wildman–Crippen MR) is 126 cm³/mol. The summed E-state index contributed by atoms with van der Waals surface area (Å²) in [5, 5.41) is 2.90. The first-order valence-corrected chi connectivity index (χ1v) is 11.7. The van der Waals surface area contributed by atoms with Gasteiger partial charge < -0.3 is 31.3 Å². The molecule has 2 aromatic rings. The van der Waals surface area contributed by atoms with Gasteiger partial charge in [0.15, 0.2) is 11.6 Å². The van der Waals surface area contributed by atoms with Crippen LogP contribution in [0.15, 0.2) is 24.5 Å². The van der Waals surface area contributed by atoms with Crippen molar-refractivity contribution >= 4 is 40.7 Å². The molecule has 3 heterocycles. The van der Waals surface area contributed by atoms with Crippen LogP contribution in [-0.4, -0.2) is 64.8 Å². The van der Waals surface area contributed by atoms with E-state index in [2.05, 4.69) is 20.0 Å². The molecule has 15 heteroatoms. The lowest BCUT2D eigenvalue weighted by atomic mass is 9.87. The maximum atomic E-state index is 14.6. The summed E-state index contributed by atoms with van der Waals surface area (Å²) in [5.74, 6) is -3.39. The monoisotopic (exact) mass is 545 g/mol. The minimum absolute atomic E-state index is 0.0211. The van der Waals surface area contributed by atoms with Crippen LogP contribution >= 0.6 is 11.6 Å². The lowest BCUT2D eigenvalue weighted by molar-refractivity contribution is -0.274. The largest absolute Gasteiger partial charge is 0.573 e. The van der Waals surface area contributed by atoms with Crippen LogP contribution in [-0.2, 0) is 9.59 Å². The highest BCUT2D eigenvalue weighted by Gasteiger charge is 2.42. The van der Waals surface area contributed by atoms with Gasteiger partial charge in [0.25, 0.3) is 0 Å². The van der Waals surface area contributed by atoms with E-state index in [9.17, 15) is 27.2 Å². The first kappa shape index (κ1) is 26.5. The van der Waals surface area contributed by atoms with Crippen LogP contribution in [0.25, 0.3) is 0 Å². The van der Waals surface area contributed by atoms with E-state index in [1.807, 2.05) is 0 Å². The van der Waals surface area contributed by atoms with Crippen LogP contribution in [0.5, 0.6) is 5.75 Å².